The van der Waals surface area contributed by atoms with Gasteiger partial charge in [0.15, 0.2) is 0 Å². The standard InChI is InChI=1S/C13H20N6O2/c1-11-4-5-12(21-11)8-18(7-6-17(2)3)13(20)9-19-10-14-15-16-19/h4-5,10H,6-9H2,1-3H3. The van der Waals surface area contributed by atoms with Crippen molar-refractivity contribution < 1.29 is 9.21 Å². The van der Waals surface area contributed by atoms with Crippen LogP contribution in [0.4, 0.5) is 0 Å². The van der Waals surface area contributed by atoms with Gasteiger partial charge in [-0.15, -0.1) is 5.10 Å². The van der Waals surface area contributed by atoms with E-state index >= 15 is 0 Å². The van der Waals surface area contributed by atoms with Gasteiger partial charge in [-0.05, 0) is 43.6 Å². The van der Waals surface area contributed by atoms with Crippen molar-refractivity contribution in [3.63, 3.8) is 0 Å². The minimum atomic E-state index is -0.0433. The van der Waals surface area contributed by atoms with Crippen molar-refractivity contribution in [3.8, 4) is 0 Å². The lowest BCUT2D eigenvalue weighted by Gasteiger charge is -2.23. The third-order valence-corrected chi connectivity index (χ3v) is 3.00. The molecule has 0 spiro atoms. The van der Waals surface area contributed by atoms with E-state index in [1.165, 1.54) is 11.0 Å². The molecule has 0 aromatic carbocycles. The van der Waals surface area contributed by atoms with E-state index in [9.17, 15) is 4.79 Å². The number of hydrogen-bond acceptors (Lipinski definition) is 6. The van der Waals surface area contributed by atoms with E-state index in [2.05, 4.69) is 15.5 Å². The van der Waals surface area contributed by atoms with Gasteiger partial charge in [0.05, 0.1) is 6.54 Å². The number of rotatable bonds is 7. The lowest BCUT2D eigenvalue weighted by atomic mass is 10.3. The van der Waals surface area contributed by atoms with E-state index < -0.39 is 0 Å². The van der Waals surface area contributed by atoms with Crippen LogP contribution < -0.4 is 0 Å². The van der Waals surface area contributed by atoms with Crippen molar-refractivity contribution in [2.75, 3.05) is 27.2 Å². The molecule has 2 rings (SSSR count). The van der Waals surface area contributed by atoms with Crippen LogP contribution in [0.2, 0.25) is 0 Å². The first-order valence-electron chi connectivity index (χ1n) is 6.73. The summed E-state index contributed by atoms with van der Waals surface area (Å²) in [5.41, 5.74) is 0. The highest BCUT2D eigenvalue weighted by Crippen LogP contribution is 2.10. The van der Waals surface area contributed by atoms with E-state index in [1.54, 1.807) is 4.90 Å². The Morgan fingerprint density at radius 2 is 2.14 bits per heavy atom. The molecule has 0 aliphatic rings. The molecule has 0 radical (unpaired) electrons. The molecule has 0 saturated heterocycles. The number of tetrazole rings is 1. The summed E-state index contributed by atoms with van der Waals surface area (Å²) in [6, 6.07) is 3.79. The van der Waals surface area contributed by atoms with Crippen molar-refractivity contribution in [1.82, 2.24) is 30.0 Å². The first-order chi connectivity index (χ1) is 10.0. The second kappa shape index (κ2) is 6.98. The molecule has 0 aliphatic carbocycles. The molecule has 8 heteroatoms. The van der Waals surface area contributed by atoms with Gasteiger partial charge in [0.25, 0.3) is 0 Å². The average Bonchev–Trinajstić information content (AvgIpc) is 3.06. The lowest BCUT2D eigenvalue weighted by Crippen LogP contribution is -2.38. The van der Waals surface area contributed by atoms with Gasteiger partial charge in [-0.25, -0.2) is 4.68 Å². The molecule has 2 heterocycles. The van der Waals surface area contributed by atoms with Crippen LogP contribution in [0.25, 0.3) is 0 Å². The zero-order valence-electron chi connectivity index (χ0n) is 12.6. The summed E-state index contributed by atoms with van der Waals surface area (Å²) in [5.74, 6) is 1.57. The summed E-state index contributed by atoms with van der Waals surface area (Å²) in [5, 5.41) is 10.8. The number of aryl methyl sites for hydroxylation is 1. The Labute approximate surface area is 123 Å². The highest BCUT2D eigenvalue weighted by Gasteiger charge is 2.16. The highest BCUT2D eigenvalue weighted by molar-refractivity contribution is 5.75. The number of amides is 1. The smallest absolute Gasteiger partial charge is 0.244 e. The molecule has 0 saturated carbocycles. The molecule has 114 valence electrons. The number of hydrogen-bond donors (Lipinski definition) is 0. The third-order valence-electron chi connectivity index (χ3n) is 3.00. The Morgan fingerprint density at radius 1 is 1.33 bits per heavy atom. The molecular formula is C13H20N6O2. The summed E-state index contributed by atoms with van der Waals surface area (Å²) in [7, 11) is 3.95. The maximum absolute atomic E-state index is 12.4. The van der Waals surface area contributed by atoms with Crippen LogP contribution in [-0.2, 0) is 17.9 Å². The van der Waals surface area contributed by atoms with Crippen LogP contribution in [0.3, 0.4) is 0 Å². The number of likely N-dealkylation sites (N-methyl/N-ethyl adjacent to an activating group) is 1. The van der Waals surface area contributed by atoms with Gasteiger partial charge in [0.2, 0.25) is 5.91 Å². The molecule has 0 bridgehead atoms. The number of furan rings is 1. The fourth-order valence-corrected chi connectivity index (χ4v) is 1.86. The Balaban J connectivity index is 2.01. The molecule has 0 unspecified atom stereocenters. The van der Waals surface area contributed by atoms with Gasteiger partial charge in [-0.3, -0.25) is 4.79 Å². The van der Waals surface area contributed by atoms with Gasteiger partial charge < -0.3 is 14.2 Å². The molecule has 21 heavy (non-hydrogen) atoms. The third kappa shape index (κ3) is 4.67. The molecule has 0 atom stereocenters. The molecule has 8 nitrogen and oxygen atoms in total. The van der Waals surface area contributed by atoms with Crippen LogP contribution in [0.15, 0.2) is 22.9 Å². The Kier molecular flexibility index (Phi) is 5.04. The van der Waals surface area contributed by atoms with Crippen molar-refractivity contribution in [2.24, 2.45) is 0 Å². The van der Waals surface area contributed by atoms with E-state index in [1.807, 2.05) is 38.1 Å². The summed E-state index contributed by atoms with van der Waals surface area (Å²) in [6.07, 6.45) is 1.43. The van der Waals surface area contributed by atoms with Crippen molar-refractivity contribution >= 4 is 5.91 Å². The van der Waals surface area contributed by atoms with Crippen LogP contribution in [0.1, 0.15) is 11.5 Å². The predicted molar refractivity (Wildman–Crippen MR) is 75.2 cm³/mol. The molecule has 0 aliphatic heterocycles. The molecular weight excluding hydrogens is 272 g/mol. The van der Waals surface area contributed by atoms with E-state index in [-0.39, 0.29) is 12.5 Å². The summed E-state index contributed by atoms with van der Waals surface area (Å²) >= 11 is 0. The molecule has 0 N–H and O–H groups in total. The quantitative estimate of drug-likeness (QED) is 0.723. The van der Waals surface area contributed by atoms with Crippen LogP contribution in [0.5, 0.6) is 0 Å². The second-order valence-electron chi connectivity index (χ2n) is 5.14. The van der Waals surface area contributed by atoms with E-state index in [0.29, 0.717) is 13.1 Å². The monoisotopic (exact) mass is 292 g/mol. The van der Waals surface area contributed by atoms with Crippen molar-refractivity contribution in [3.05, 3.63) is 30.0 Å². The second-order valence-corrected chi connectivity index (χ2v) is 5.14. The highest BCUT2D eigenvalue weighted by atomic mass is 16.3. The topological polar surface area (TPSA) is 80.3 Å². The Bertz CT molecular complexity index is 563. The molecule has 1 amide bonds. The normalized spacial score (nSPS) is 11.0. The van der Waals surface area contributed by atoms with Gasteiger partial charge in [0, 0.05) is 13.1 Å². The van der Waals surface area contributed by atoms with E-state index in [0.717, 1.165) is 18.1 Å². The molecule has 2 aromatic heterocycles. The maximum atomic E-state index is 12.4. The minimum absolute atomic E-state index is 0.0433. The minimum Gasteiger partial charge on any atom is -0.464 e. The first-order valence-corrected chi connectivity index (χ1v) is 6.73. The van der Waals surface area contributed by atoms with Gasteiger partial charge in [-0.1, -0.05) is 0 Å². The Morgan fingerprint density at radius 3 is 2.71 bits per heavy atom. The number of carbonyl (C=O) groups excluding carboxylic acids is 1. The van der Waals surface area contributed by atoms with Crippen LogP contribution >= 0.6 is 0 Å². The number of carbonyl (C=O) groups is 1. The fourth-order valence-electron chi connectivity index (χ4n) is 1.86. The SMILES string of the molecule is Cc1ccc(CN(CCN(C)C)C(=O)Cn2cnnn2)o1. The van der Waals surface area contributed by atoms with E-state index in [4.69, 9.17) is 4.42 Å². The zero-order valence-corrected chi connectivity index (χ0v) is 12.6. The largest absolute Gasteiger partial charge is 0.464 e. The van der Waals surface area contributed by atoms with Crippen LogP contribution in [-0.4, -0.2) is 63.1 Å². The first kappa shape index (κ1) is 15.2. The van der Waals surface area contributed by atoms with Crippen molar-refractivity contribution in [1.29, 1.82) is 0 Å². The van der Waals surface area contributed by atoms with Gasteiger partial charge in [-0.2, -0.15) is 0 Å². The van der Waals surface area contributed by atoms with Gasteiger partial charge >= 0.3 is 0 Å². The zero-order chi connectivity index (χ0) is 15.2. The van der Waals surface area contributed by atoms with Gasteiger partial charge in [0.1, 0.15) is 24.4 Å². The molecule has 0 fully saturated rings. The maximum Gasteiger partial charge on any atom is 0.244 e. The molecule has 2 aromatic rings. The number of aromatic nitrogens is 4. The van der Waals surface area contributed by atoms with Crippen LogP contribution in [0, 0.1) is 6.92 Å². The fraction of sp³-hybridized carbons (Fsp3) is 0.538. The lowest BCUT2D eigenvalue weighted by molar-refractivity contribution is -0.133. The van der Waals surface area contributed by atoms with Crippen molar-refractivity contribution in [2.45, 2.75) is 20.0 Å². The number of nitrogens with zero attached hydrogens (tertiary/aromatic N) is 6. The summed E-state index contributed by atoms with van der Waals surface area (Å²) < 4.78 is 6.97. The average molecular weight is 292 g/mol. The Hall–Kier alpha value is -2.22. The summed E-state index contributed by atoms with van der Waals surface area (Å²) in [4.78, 5) is 16.2. The predicted octanol–water partition coefficient (Wildman–Crippen LogP) is 0.165. The summed E-state index contributed by atoms with van der Waals surface area (Å²) in [6.45, 7) is 3.86.